The third-order valence-corrected chi connectivity index (χ3v) is 6.21. The third kappa shape index (κ3) is 3.97. The molecule has 1 aliphatic rings. The Balaban J connectivity index is 1.62. The smallest absolute Gasteiger partial charge is 0.131 e. The Morgan fingerprint density at radius 3 is 2.47 bits per heavy atom. The lowest BCUT2D eigenvalue weighted by atomic mass is 9.91. The van der Waals surface area contributed by atoms with Gasteiger partial charge < -0.3 is 35.6 Å². The molecule has 1 saturated heterocycles. The van der Waals surface area contributed by atoms with Gasteiger partial charge in [0.1, 0.15) is 42.4 Å². The van der Waals surface area contributed by atoms with Gasteiger partial charge in [-0.3, -0.25) is 0 Å². The Morgan fingerprint density at radius 2 is 1.81 bits per heavy atom. The molecule has 0 aliphatic carbocycles. The summed E-state index contributed by atoms with van der Waals surface area (Å²) in [5.41, 5.74) is 9.37. The number of hydrogen-bond donors (Lipinski definition) is 5. The standard InChI is InChI=1S/C24H28N2O6/c1-12-9-14(15-4-3-13-7-8-26-24(25)17(13)10-15)5-6-16(12)19(28)22(31-2)23-21(30)20(29)18(11-27)32-23/h3-10,18-23,27-30H,11H2,1-2H3,(H2,25,26)/t18?,19-,20-,21?,22-,23?/m1/s1. The summed E-state index contributed by atoms with van der Waals surface area (Å²) < 4.78 is 11.0. The van der Waals surface area contributed by atoms with E-state index in [1.54, 1.807) is 12.3 Å². The molecule has 2 heterocycles. The number of nitrogen functional groups attached to an aromatic ring is 1. The van der Waals surface area contributed by atoms with E-state index in [2.05, 4.69) is 4.98 Å². The number of aromatic nitrogens is 1. The highest BCUT2D eigenvalue weighted by atomic mass is 16.6. The summed E-state index contributed by atoms with van der Waals surface area (Å²) in [5, 5.41) is 42.6. The van der Waals surface area contributed by atoms with Gasteiger partial charge in [-0.1, -0.05) is 30.3 Å². The van der Waals surface area contributed by atoms with E-state index in [-0.39, 0.29) is 0 Å². The van der Waals surface area contributed by atoms with E-state index in [0.29, 0.717) is 11.4 Å². The monoisotopic (exact) mass is 440 g/mol. The zero-order chi connectivity index (χ0) is 23.0. The van der Waals surface area contributed by atoms with Gasteiger partial charge in [0.15, 0.2) is 0 Å². The average molecular weight is 440 g/mol. The number of aliphatic hydroxyl groups is 4. The summed E-state index contributed by atoms with van der Waals surface area (Å²) >= 11 is 0. The average Bonchev–Trinajstić information content (AvgIpc) is 3.08. The molecule has 0 bridgehead atoms. The highest BCUT2D eigenvalue weighted by Crippen LogP contribution is 2.34. The number of pyridine rings is 1. The number of rotatable bonds is 6. The zero-order valence-electron chi connectivity index (χ0n) is 17.9. The maximum absolute atomic E-state index is 11.0. The van der Waals surface area contributed by atoms with Crippen LogP contribution in [0.25, 0.3) is 21.9 Å². The first kappa shape index (κ1) is 22.6. The molecular weight excluding hydrogens is 412 g/mol. The van der Waals surface area contributed by atoms with Crippen LogP contribution >= 0.6 is 0 Å². The van der Waals surface area contributed by atoms with Crippen LogP contribution in [0.1, 0.15) is 17.2 Å². The molecule has 3 unspecified atom stereocenters. The van der Waals surface area contributed by atoms with Crippen LogP contribution in [0.4, 0.5) is 5.82 Å². The quantitative estimate of drug-likeness (QED) is 0.387. The van der Waals surface area contributed by atoms with E-state index in [1.165, 1.54) is 7.11 Å². The minimum atomic E-state index is -1.29. The van der Waals surface area contributed by atoms with Crippen molar-refractivity contribution in [2.45, 2.75) is 43.5 Å². The number of fused-ring (bicyclic) bond motifs is 1. The highest BCUT2D eigenvalue weighted by molar-refractivity contribution is 5.94. The molecule has 0 saturated carbocycles. The number of ether oxygens (including phenoxy) is 2. The Bertz CT molecular complexity index is 1110. The van der Waals surface area contributed by atoms with Crippen LogP contribution in [-0.4, -0.2) is 69.6 Å². The number of nitrogens with zero attached hydrogens (tertiary/aromatic N) is 1. The normalized spacial score (nSPS) is 25.2. The number of aryl methyl sites for hydroxylation is 1. The number of hydrogen-bond acceptors (Lipinski definition) is 8. The highest BCUT2D eigenvalue weighted by Gasteiger charge is 2.48. The molecule has 2 aromatic carbocycles. The van der Waals surface area contributed by atoms with Crippen LogP contribution in [0.3, 0.4) is 0 Å². The molecule has 0 radical (unpaired) electrons. The lowest BCUT2D eigenvalue weighted by Gasteiger charge is -2.29. The topological polar surface area (TPSA) is 138 Å². The first-order valence-electron chi connectivity index (χ1n) is 10.4. The van der Waals surface area contributed by atoms with Gasteiger partial charge in [-0.25, -0.2) is 4.98 Å². The summed E-state index contributed by atoms with van der Waals surface area (Å²) in [4.78, 5) is 4.15. The second kappa shape index (κ2) is 9.11. The number of nitrogens with two attached hydrogens (primary N) is 1. The fourth-order valence-electron chi connectivity index (χ4n) is 4.38. The summed E-state index contributed by atoms with van der Waals surface area (Å²) in [7, 11) is 1.40. The third-order valence-electron chi connectivity index (χ3n) is 6.21. The maximum atomic E-state index is 11.0. The predicted octanol–water partition coefficient (Wildman–Crippen LogP) is 1.32. The van der Waals surface area contributed by atoms with E-state index >= 15 is 0 Å². The lowest BCUT2D eigenvalue weighted by Crippen LogP contribution is -2.43. The van der Waals surface area contributed by atoms with Gasteiger partial charge >= 0.3 is 0 Å². The Labute approximate surface area is 185 Å². The number of aliphatic hydroxyl groups excluding tert-OH is 4. The van der Waals surface area contributed by atoms with Crippen molar-refractivity contribution in [3.8, 4) is 11.1 Å². The molecule has 6 N–H and O–H groups in total. The molecule has 0 amide bonds. The first-order chi connectivity index (χ1) is 15.3. The molecule has 6 atom stereocenters. The van der Waals surface area contributed by atoms with Gasteiger partial charge in [0.2, 0.25) is 0 Å². The SMILES string of the molecule is CO[C@@H](C1OC(CO)[C@@H](O)C1O)[C@H](O)c1ccc(-c2ccc3ccnc(N)c3c2)cc1C. The van der Waals surface area contributed by atoms with Gasteiger partial charge in [-0.2, -0.15) is 0 Å². The lowest BCUT2D eigenvalue weighted by molar-refractivity contribution is -0.129. The second-order valence-corrected chi connectivity index (χ2v) is 8.15. The molecule has 1 fully saturated rings. The van der Waals surface area contributed by atoms with Crippen LogP contribution < -0.4 is 5.73 Å². The van der Waals surface area contributed by atoms with Crippen LogP contribution in [0.15, 0.2) is 48.7 Å². The van der Waals surface area contributed by atoms with Crippen molar-refractivity contribution in [1.29, 1.82) is 0 Å². The van der Waals surface area contributed by atoms with Crippen molar-refractivity contribution in [2.24, 2.45) is 0 Å². The van der Waals surface area contributed by atoms with Gasteiger partial charge in [0.05, 0.1) is 6.61 Å². The first-order valence-corrected chi connectivity index (χ1v) is 10.4. The van der Waals surface area contributed by atoms with Crippen LogP contribution in [0.2, 0.25) is 0 Å². The molecule has 4 rings (SSSR count). The Hall–Kier alpha value is -2.59. The summed E-state index contributed by atoms with van der Waals surface area (Å²) in [5.74, 6) is 0.467. The molecule has 1 aromatic heterocycles. The zero-order valence-corrected chi connectivity index (χ0v) is 17.9. The van der Waals surface area contributed by atoms with Crippen LogP contribution in [0.5, 0.6) is 0 Å². The maximum Gasteiger partial charge on any atom is 0.131 e. The van der Waals surface area contributed by atoms with E-state index in [0.717, 1.165) is 27.5 Å². The predicted molar refractivity (Wildman–Crippen MR) is 120 cm³/mol. The minimum absolute atomic E-state index is 0.444. The number of anilines is 1. The van der Waals surface area contributed by atoms with Crippen LogP contribution in [0, 0.1) is 6.92 Å². The number of methoxy groups -OCH3 is 1. The van der Waals surface area contributed by atoms with Crippen molar-refractivity contribution in [3.05, 3.63) is 59.8 Å². The molecule has 8 nitrogen and oxygen atoms in total. The fraction of sp³-hybridized carbons (Fsp3) is 0.375. The minimum Gasteiger partial charge on any atom is -0.394 e. The van der Waals surface area contributed by atoms with E-state index < -0.39 is 43.2 Å². The molecular formula is C24H28N2O6. The van der Waals surface area contributed by atoms with Gasteiger partial charge in [0, 0.05) is 18.7 Å². The summed E-state index contributed by atoms with van der Waals surface area (Å²) in [6.45, 7) is 1.43. The van der Waals surface area contributed by atoms with Crippen LogP contribution in [-0.2, 0) is 9.47 Å². The molecule has 8 heteroatoms. The van der Waals surface area contributed by atoms with Gasteiger partial charge in [-0.05, 0) is 46.7 Å². The molecule has 32 heavy (non-hydrogen) atoms. The van der Waals surface area contributed by atoms with Gasteiger partial charge in [-0.15, -0.1) is 0 Å². The van der Waals surface area contributed by atoms with Crippen molar-refractivity contribution in [3.63, 3.8) is 0 Å². The summed E-state index contributed by atoms with van der Waals surface area (Å²) in [6, 6.07) is 13.5. The molecule has 3 aromatic rings. The largest absolute Gasteiger partial charge is 0.394 e. The fourth-order valence-corrected chi connectivity index (χ4v) is 4.38. The van der Waals surface area contributed by atoms with Crippen molar-refractivity contribution in [2.75, 3.05) is 19.5 Å². The van der Waals surface area contributed by atoms with E-state index in [9.17, 15) is 20.4 Å². The number of benzene rings is 2. The van der Waals surface area contributed by atoms with E-state index in [4.69, 9.17) is 15.2 Å². The van der Waals surface area contributed by atoms with E-state index in [1.807, 2.05) is 43.3 Å². The van der Waals surface area contributed by atoms with Gasteiger partial charge in [0.25, 0.3) is 0 Å². The molecule has 0 spiro atoms. The Morgan fingerprint density at radius 1 is 1.09 bits per heavy atom. The Kier molecular flexibility index (Phi) is 6.43. The van der Waals surface area contributed by atoms with Crippen molar-refractivity contribution in [1.82, 2.24) is 4.98 Å². The molecule has 170 valence electrons. The molecule has 1 aliphatic heterocycles. The second-order valence-electron chi connectivity index (χ2n) is 8.15. The summed E-state index contributed by atoms with van der Waals surface area (Å²) in [6.07, 6.45) is -4.84. The van der Waals surface area contributed by atoms with Crippen molar-refractivity contribution < 1.29 is 29.9 Å². The van der Waals surface area contributed by atoms with Crippen molar-refractivity contribution >= 4 is 16.6 Å².